The number of hydrogen-bond acceptors (Lipinski definition) is 6. The minimum Gasteiger partial charge on any atom is -0.466 e. The van der Waals surface area contributed by atoms with Crippen molar-refractivity contribution in [1.82, 2.24) is 0 Å². The topological polar surface area (TPSA) is 93.1 Å². The summed E-state index contributed by atoms with van der Waals surface area (Å²) >= 11 is 0. The maximum atomic E-state index is 11.8. The number of carbonyl (C=O) groups excluding carboxylic acids is 2. The molecule has 0 unspecified atom stereocenters. The molecule has 0 radical (unpaired) electrons. The van der Waals surface area contributed by atoms with E-state index in [2.05, 4.69) is 4.74 Å². The number of methoxy groups -OCH3 is 1. The van der Waals surface area contributed by atoms with Crippen LogP contribution in [0.4, 0.5) is 0 Å². The van der Waals surface area contributed by atoms with Crippen LogP contribution < -0.4 is 0 Å². The number of rotatable bonds is 4. The van der Waals surface area contributed by atoms with E-state index in [0.29, 0.717) is 0 Å². The number of ether oxygens (including phenoxy) is 2. The Kier molecular flexibility index (Phi) is 5.67. The highest BCUT2D eigenvalue weighted by molar-refractivity contribution is 5.89. The average molecular weight is 318 g/mol. The van der Waals surface area contributed by atoms with Crippen molar-refractivity contribution < 1.29 is 29.3 Å². The zero-order valence-corrected chi connectivity index (χ0v) is 12.6. The fraction of sp³-hybridized carbons (Fsp3) is 0.294. The lowest BCUT2D eigenvalue weighted by Crippen LogP contribution is -2.44. The predicted molar refractivity (Wildman–Crippen MR) is 82.1 cm³/mol. The molecule has 6 heteroatoms. The van der Waals surface area contributed by atoms with Crippen LogP contribution in [0.15, 0.2) is 48.1 Å². The van der Waals surface area contributed by atoms with E-state index >= 15 is 0 Å². The van der Waals surface area contributed by atoms with Gasteiger partial charge in [-0.3, -0.25) is 0 Å². The van der Waals surface area contributed by atoms with E-state index in [1.807, 2.05) is 30.3 Å². The zero-order chi connectivity index (χ0) is 16.8. The number of benzene rings is 1. The van der Waals surface area contributed by atoms with Crippen molar-refractivity contribution in [3.8, 4) is 0 Å². The van der Waals surface area contributed by atoms with E-state index in [9.17, 15) is 19.8 Å². The second-order valence-electron chi connectivity index (χ2n) is 5.09. The van der Waals surface area contributed by atoms with Crippen molar-refractivity contribution in [2.45, 2.75) is 24.7 Å². The lowest BCUT2D eigenvalue weighted by atomic mass is 9.92. The highest BCUT2D eigenvalue weighted by Crippen LogP contribution is 2.23. The van der Waals surface area contributed by atoms with Gasteiger partial charge in [0.15, 0.2) is 6.10 Å². The van der Waals surface area contributed by atoms with E-state index in [1.54, 1.807) is 6.08 Å². The molecule has 1 aromatic rings. The first-order valence-corrected chi connectivity index (χ1v) is 7.10. The van der Waals surface area contributed by atoms with Crippen LogP contribution in [0.25, 0.3) is 6.08 Å². The van der Waals surface area contributed by atoms with Gasteiger partial charge >= 0.3 is 11.9 Å². The molecule has 1 aliphatic rings. The summed E-state index contributed by atoms with van der Waals surface area (Å²) in [6.07, 6.45) is 0.381. The summed E-state index contributed by atoms with van der Waals surface area (Å²) < 4.78 is 9.62. The number of hydrogen-bond donors (Lipinski definition) is 2. The highest BCUT2D eigenvalue weighted by atomic mass is 16.6. The summed E-state index contributed by atoms with van der Waals surface area (Å²) in [5.41, 5.74) is 0.974. The quantitative estimate of drug-likeness (QED) is 0.631. The second-order valence-corrected chi connectivity index (χ2v) is 5.09. The summed E-state index contributed by atoms with van der Waals surface area (Å²) in [4.78, 5) is 23.2. The maximum absolute atomic E-state index is 11.8. The van der Waals surface area contributed by atoms with Gasteiger partial charge in [0.2, 0.25) is 0 Å². The van der Waals surface area contributed by atoms with Gasteiger partial charge in [-0.1, -0.05) is 30.3 Å². The first-order valence-electron chi connectivity index (χ1n) is 7.10. The van der Waals surface area contributed by atoms with Crippen LogP contribution in [0.2, 0.25) is 0 Å². The minimum atomic E-state index is -1.28. The van der Waals surface area contributed by atoms with E-state index in [4.69, 9.17) is 4.74 Å². The SMILES string of the molecule is COC(=O)C1=C[C@@H](O)[C@@H](OC(=O)/C=C/c2ccccc2)[C@H](O)C1. The second kappa shape index (κ2) is 7.71. The van der Waals surface area contributed by atoms with E-state index < -0.39 is 30.3 Å². The van der Waals surface area contributed by atoms with Gasteiger partial charge in [-0.2, -0.15) is 0 Å². The third-order valence-corrected chi connectivity index (χ3v) is 3.43. The Hall–Kier alpha value is -2.44. The molecule has 0 saturated carbocycles. The van der Waals surface area contributed by atoms with Crippen molar-refractivity contribution in [3.63, 3.8) is 0 Å². The van der Waals surface area contributed by atoms with Gasteiger partial charge in [0, 0.05) is 18.1 Å². The van der Waals surface area contributed by atoms with Gasteiger partial charge in [-0.25, -0.2) is 9.59 Å². The number of aliphatic hydroxyl groups excluding tert-OH is 2. The first-order chi connectivity index (χ1) is 11.0. The predicted octanol–water partition coefficient (Wildman–Crippen LogP) is 0.836. The summed E-state index contributed by atoms with van der Waals surface area (Å²) in [6.45, 7) is 0. The molecule has 0 saturated heterocycles. The summed E-state index contributed by atoms with van der Waals surface area (Å²) in [6, 6.07) is 9.16. The van der Waals surface area contributed by atoms with Crippen LogP contribution in [-0.2, 0) is 19.1 Å². The normalized spacial score (nSPS) is 24.1. The number of esters is 2. The van der Waals surface area contributed by atoms with Crippen molar-refractivity contribution in [1.29, 1.82) is 0 Å². The maximum Gasteiger partial charge on any atom is 0.333 e. The third kappa shape index (κ3) is 4.51. The van der Waals surface area contributed by atoms with Crippen LogP contribution in [0.1, 0.15) is 12.0 Å². The molecule has 0 aliphatic heterocycles. The zero-order valence-electron chi connectivity index (χ0n) is 12.6. The molecule has 2 N–H and O–H groups in total. The smallest absolute Gasteiger partial charge is 0.333 e. The van der Waals surface area contributed by atoms with Gasteiger partial charge in [0.25, 0.3) is 0 Å². The molecule has 0 bridgehead atoms. The lowest BCUT2D eigenvalue weighted by Gasteiger charge is -2.30. The first kappa shape index (κ1) is 16.9. The molecular formula is C17H18O6. The van der Waals surface area contributed by atoms with E-state index in [1.165, 1.54) is 19.3 Å². The van der Waals surface area contributed by atoms with Crippen molar-refractivity contribution in [2.24, 2.45) is 0 Å². The molecule has 122 valence electrons. The van der Waals surface area contributed by atoms with Gasteiger partial charge in [-0.05, 0) is 17.7 Å². The molecule has 1 aromatic carbocycles. The minimum absolute atomic E-state index is 0.0515. The molecule has 0 aromatic heterocycles. The molecule has 1 aliphatic carbocycles. The summed E-state index contributed by atoms with van der Waals surface area (Å²) in [5.74, 6) is -1.32. The number of aliphatic hydroxyl groups is 2. The Morgan fingerprint density at radius 3 is 2.52 bits per heavy atom. The Labute approximate surface area is 133 Å². The molecule has 6 nitrogen and oxygen atoms in total. The van der Waals surface area contributed by atoms with E-state index in [-0.39, 0.29) is 12.0 Å². The summed E-state index contributed by atoms with van der Waals surface area (Å²) in [7, 11) is 1.21. The molecule has 3 atom stereocenters. The Morgan fingerprint density at radius 1 is 1.22 bits per heavy atom. The van der Waals surface area contributed by atoms with Crippen molar-refractivity contribution in [3.05, 3.63) is 53.6 Å². The van der Waals surface area contributed by atoms with Crippen molar-refractivity contribution in [2.75, 3.05) is 7.11 Å². The van der Waals surface area contributed by atoms with Gasteiger partial charge in [0.05, 0.1) is 13.2 Å². The largest absolute Gasteiger partial charge is 0.466 e. The summed E-state index contributed by atoms with van der Waals surface area (Å²) in [5, 5.41) is 19.9. The molecule has 0 amide bonds. The standard InChI is InChI=1S/C17H18O6/c1-22-17(21)12-9-13(18)16(14(19)10-12)23-15(20)8-7-11-5-3-2-4-6-11/h2-9,13-14,16,18-19H,10H2,1H3/b8-7+/t13-,14-,16-/m1/s1. The molecule has 23 heavy (non-hydrogen) atoms. The van der Waals surface area contributed by atoms with E-state index in [0.717, 1.165) is 5.56 Å². The molecule has 2 rings (SSSR count). The Morgan fingerprint density at radius 2 is 1.91 bits per heavy atom. The van der Waals surface area contributed by atoms with Crippen LogP contribution >= 0.6 is 0 Å². The van der Waals surface area contributed by atoms with Crippen molar-refractivity contribution >= 4 is 18.0 Å². The monoisotopic (exact) mass is 318 g/mol. The van der Waals surface area contributed by atoms with Gasteiger partial charge in [-0.15, -0.1) is 0 Å². The highest BCUT2D eigenvalue weighted by Gasteiger charge is 2.36. The fourth-order valence-electron chi connectivity index (χ4n) is 2.27. The lowest BCUT2D eigenvalue weighted by molar-refractivity contribution is -0.157. The van der Waals surface area contributed by atoms with Crippen LogP contribution in [-0.4, -0.2) is 47.6 Å². The molecule has 0 spiro atoms. The molecule has 0 fully saturated rings. The number of carbonyl (C=O) groups is 2. The third-order valence-electron chi connectivity index (χ3n) is 3.43. The molecular weight excluding hydrogens is 300 g/mol. The van der Waals surface area contributed by atoms with Crippen LogP contribution in [0, 0.1) is 0 Å². The fourth-order valence-corrected chi connectivity index (χ4v) is 2.27. The Balaban J connectivity index is 2.00. The van der Waals surface area contributed by atoms with Crippen LogP contribution in [0.3, 0.4) is 0 Å². The van der Waals surface area contributed by atoms with Gasteiger partial charge < -0.3 is 19.7 Å². The molecule has 0 heterocycles. The van der Waals surface area contributed by atoms with Gasteiger partial charge in [0.1, 0.15) is 6.10 Å². The Bertz CT molecular complexity index is 619. The van der Waals surface area contributed by atoms with Crippen LogP contribution in [0.5, 0.6) is 0 Å². The average Bonchev–Trinajstić information content (AvgIpc) is 2.56.